The third-order valence-corrected chi connectivity index (χ3v) is 7.97. The molecule has 0 fully saturated rings. The number of amides is 1. The number of nitro groups is 1. The molecule has 10 nitrogen and oxygen atoms in total. The zero-order valence-corrected chi connectivity index (χ0v) is 27.5. The van der Waals surface area contributed by atoms with Crippen LogP contribution in [0, 0.1) is 17.0 Å². The van der Waals surface area contributed by atoms with Crippen molar-refractivity contribution < 1.29 is 9.72 Å². The molecule has 1 amide bonds. The van der Waals surface area contributed by atoms with Crippen molar-refractivity contribution in [1.29, 1.82) is 0 Å². The maximum absolute atomic E-state index is 12.4. The molecule has 1 heterocycles. The van der Waals surface area contributed by atoms with Gasteiger partial charge in [0.1, 0.15) is 5.71 Å². The van der Waals surface area contributed by atoms with E-state index in [-0.39, 0.29) is 21.8 Å². The van der Waals surface area contributed by atoms with Gasteiger partial charge in [-0.3, -0.25) is 20.3 Å². The maximum Gasteiger partial charge on any atom is 0.269 e. The molecule has 2 rings (SSSR count). The largest absolute Gasteiger partial charge is 0.375 e. The lowest BCUT2D eigenvalue weighted by molar-refractivity contribution is -0.384. The number of aromatic nitrogens is 1. The van der Waals surface area contributed by atoms with Crippen LogP contribution in [0.2, 0.25) is 0 Å². The van der Waals surface area contributed by atoms with Gasteiger partial charge in [0.2, 0.25) is 5.91 Å². The lowest BCUT2D eigenvalue weighted by Crippen LogP contribution is -2.33. The van der Waals surface area contributed by atoms with Crippen molar-refractivity contribution in [2.24, 2.45) is 10.8 Å². The summed E-state index contributed by atoms with van der Waals surface area (Å²) in [6.07, 6.45) is 18.8. The molecule has 0 radical (unpaired) electrons. The predicted molar refractivity (Wildman–Crippen MR) is 185 cm³/mol. The van der Waals surface area contributed by atoms with Gasteiger partial charge in [0.05, 0.1) is 15.5 Å². The number of anilines is 1. The number of hydrogen-bond donors (Lipinski definition) is 4. The summed E-state index contributed by atoms with van der Waals surface area (Å²) in [5.74, 6) is -0.118. The van der Waals surface area contributed by atoms with Crippen LogP contribution in [-0.2, 0) is 4.79 Å². The van der Waals surface area contributed by atoms with Crippen LogP contribution in [0.25, 0.3) is 6.08 Å². The molecule has 0 aliphatic heterocycles. The van der Waals surface area contributed by atoms with Crippen LogP contribution in [0.4, 0.5) is 10.8 Å². The number of nitrogens with two attached hydrogens (primary N) is 1. The summed E-state index contributed by atoms with van der Waals surface area (Å²) in [7, 11) is 0. The molecule has 0 saturated heterocycles. The van der Waals surface area contributed by atoms with Gasteiger partial charge in [0.25, 0.3) is 5.69 Å². The Labute approximate surface area is 269 Å². The van der Waals surface area contributed by atoms with Gasteiger partial charge in [0.15, 0.2) is 15.4 Å². The number of non-ortho nitro benzene ring substituents is 1. The number of benzene rings is 1. The van der Waals surface area contributed by atoms with Crippen molar-refractivity contribution in [2.45, 2.75) is 97.3 Å². The Morgan fingerprint density at radius 3 is 2.16 bits per heavy atom. The third-order valence-electron chi connectivity index (χ3n) is 6.58. The summed E-state index contributed by atoms with van der Waals surface area (Å²) >= 11 is 11.5. The number of nitrogens with zero attached hydrogens (tertiary/aromatic N) is 3. The van der Waals surface area contributed by atoms with Gasteiger partial charge in [-0.25, -0.2) is 4.98 Å². The number of carbonyl (C=O) groups excluding carboxylic acids is 1. The highest BCUT2D eigenvalue weighted by atomic mass is 32.1. The first-order valence-electron chi connectivity index (χ1n) is 14.8. The number of carbonyl (C=O) groups is 1. The van der Waals surface area contributed by atoms with Gasteiger partial charge in [-0.1, -0.05) is 95.0 Å². The van der Waals surface area contributed by atoms with Crippen LogP contribution in [0.1, 0.15) is 107 Å². The number of nitro benzene ring substituents is 1. The van der Waals surface area contributed by atoms with Crippen LogP contribution in [0.15, 0.2) is 35.4 Å². The Balaban J connectivity index is 1.81. The van der Waals surface area contributed by atoms with Crippen molar-refractivity contribution in [2.75, 3.05) is 5.32 Å². The van der Waals surface area contributed by atoms with E-state index < -0.39 is 4.92 Å². The van der Waals surface area contributed by atoms with Gasteiger partial charge in [-0.2, -0.15) is 5.10 Å². The molecule has 43 heavy (non-hydrogen) atoms. The molecule has 13 heteroatoms. The lowest BCUT2D eigenvalue weighted by Gasteiger charge is -2.07. The molecule has 0 saturated carbocycles. The number of allylic oxidation sites excluding steroid dienone is 1. The maximum atomic E-state index is 12.4. The molecule has 0 atom stereocenters. The Bertz CT molecular complexity index is 1260. The summed E-state index contributed by atoms with van der Waals surface area (Å²) < 4.78 is 0. The van der Waals surface area contributed by atoms with Crippen LogP contribution in [0.5, 0.6) is 0 Å². The second-order valence-electron chi connectivity index (χ2n) is 10.2. The summed E-state index contributed by atoms with van der Waals surface area (Å²) in [6, 6.07) is 6.13. The Kier molecular flexibility index (Phi) is 17.2. The molecule has 234 valence electrons. The Morgan fingerprint density at radius 1 is 1.02 bits per heavy atom. The van der Waals surface area contributed by atoms with E-state index in [1.165, 1.54) is 81.3 Å². The SMILES string of the molecule is CCCCCCCCCCCCCCC(=O)NC(=S)Nc1nc(C)c(/C(C=Cc2ccc([N+](=O)[O-])cc2)=N/NC(N)=S)s1. The third kappa shape index (κ3) is 15.1. The predicted octanol–water partition coefficient (Wildman–Crippen LogP) is 7.51. The average molecular weight is 646 g/mol. The number of aryl methyl sites for hydroxylation is 1. The quantitative estimate of drug-likeness (QED) is 0.0400. The van der Waals surface area contributed by atoms with Crippen molar-refractivity contribution in [3.8, 4) is 0 Å². The number of hydrazone groups is 1. The Hall–Kier alpha value is -3.29. The minimum absolute atomic E-state index is 0.00110. The molecule has 2 aromatic rings. The van der Waals surface area contributed by atoms with E-state index in [9.17, 15) is 14.9 Å². The molecule has 0 unspecified atom stereocenters. The highest BCUT2D eigenvalue weighted by Gasteiger charge is 2.14. The molecule has 1 aromatic heterocycles. The van der Waals surface area contributed by atoms with E-state index in [4.69, 9.17) is 30.2 Å². The Morgan fingerprint density at radius 2 is 1.60 bits per heavy atom. The highest BCUT2D eigenvalue weighted by molar-refractivity contribution is 7.80. The number of unbranched alkanes of at least 4 members (excludes halogenated alkanes) is 11. The zero-order chi connectivity index (χ0) is 31.5. The first kappa shape index (κ1) is 35.9. The van der Waals surface area contributed by atoms with Gasteiger partial charge in [-0.15, -0.1) is 0 Å². The average Bonchev–Trinajstić information content (AvgIpc) is 3.32. The second kappa shape index (κ2) is 20.6. The minimum Gasteiger partial charge on any atom is -0.375 e. The van der Waals surface area contributed by atoms with E-state index >= 15 is 0 Å². The lowest BCUT2D eigenvalue weighted by atomic mass is 10.0. The van der Waals surface area contributed by atoms with Crippen LogP contribution < -0.4 is 21.8 Å². The fourth-order valence-electron chi connectivity index (χ4n) is 4.29. The van der Waals surface area contributed by atoms with Gasteiger partial charge in [0, 0.05) is 18.6 Å². The fourth-order valence-corrected chi connectivity index (χ4v) is 5.55. The fraction of sp³-hybridized carbons (Fsp3) is 0.500. The van der Waals surface area contributed by atoms with Crippen molar-refractivity contribution in [3.05, 3.63) is 56.6 Å². The summed E-state index contributed by atoms with van der Waals surface area (Å²) in [4.78, 5) is 28.1. The van der Waals surface area contributed by atoms with Crippen LogP contribution >= 0.6 is 35.8 Å². The topological polar surface area (TPSA) is 148 Å². The molecular formula is C30H43N7O3S3. The van der Waals surface area contributed by atoms with E-state index in [0.717, 1.165) is 29.7 Å². The zero-order valence-electron chi connectivity index (χ0n) is 25.0. The summed E-state index contributed by atoms with van der Waals surface area (Å²) in [6.45, 7) is 4.07. The van der Waals surface area contributed by atoms with Gasteiger partial charge < -0.3 is 16.4 Å². The molecule has 0 spiro atoms. The van der Waals surface area contributed by atoms with Crippen molar-refractivity contribution >= 4 is 74.5 Å². The smallest absolute Gasteiger partial charge is 0.269 e. The molecule has 5 N–H and O–H groups in total. The van der Waals surface area contributed by atoms with E-state index in [0.29, 0.717) is 23.0 Å². The number of thiazole rings is 1. The first-order chi connectivity index (χ1) is 20.7. The monoisotopic (exact) mass is 645 g/mol. The minimum atomic E-state index is -0.450. The first-order valence-corrected chi connectivity index (χ1v) is 16.5. The van der Waals surface area contributed by atoms with Gasteiger partial charge >= 0.3 is 0 Å². The van der Waals surface area contributed by atoms with E-state index in [1.807, 2.05) is 6.92 Å². The summed E-state index contributed by atoms with van der Waals surface area (Å²) in [5, 5.41) is 21.6. The summed E-state index contributed by atoms with van der Waals surface area (Å²) in [5.41, 5.74) is 10.1. The number of nitrogens with one attached hydrogen (secondary N) is 3. The standard InChI is InChI=1S/C30H43N7O3S3/c1-3-4-5-6-7-8-9-10-11-12-13-14-15-26(38)33-29(42)34-30-32-22(2)27(43-30)25(35-36-28(31)41)21-18-23-16-19-24(20-17-23)37(39)40/h16-21H,3-15H2,1-2H3,(H3,31,36,41)(H2,32,33,34,38,42)/b21-18?,35-25+. The molecule has 0 aliphatic carbocycles. The van der Waals surface area contributed by atoms with E-state index in [2.05, 4.69) is 33.1 Å². The number of hydrogen-bond acceptors (Lipinski definition) is 8. The second-order valence-corrected chi connectivity index (χ2v) is 12.1. The molecule has 0 bridgehead atoms. The van der Waals surface area contributed by atoms with E-state index in [1.54, 1.807) is 24.3 Å². The highest BCUT2D eigenvalue weighted by Crippen LogP contribution is 2.24. The van der Waals surface area contributed by atoms with Gasteiger partial charge in [-0.05, 0) is 61.6 Å². The van der Waals surface area contributed by atoms with Crippen molar-refractivity contribution in [1.82, 2.24) is 15.7 Å². The van der Waals surface area contributed by atoms with Crippen molar-refractivity contribution in [3.63, 3.8) is 0 Å². The van der Waals surface area contributed by atoms with Crippen LogP contribution in [0.3, 0.4) is 0 Å². The molecule has 0 aliphatic rings. The van der Waals surface area contributed by atoms with Crippen LogP contribution in [-0.4, -0.2) is 31.8 Å². The molecular weight excluding hydrogens is 603 g/mol. The number of rotatable bonds is 19. The normalized spacial score (nSPS) is 11.4. The molecule has 1 aromatic carbocycles. The number of thiocarbonyl (C=S) groups is 2.